The number of carbonyl (C=O) groups excluding carboxylic acids is 2. The van der Waals surface area contributed by atoms with Gasteiger partial charge < -0.3 is 14.5 Å². The molecule has 3 rings (SSSR count). The number of hydrogen-bond donors (Lipinski definition) is 0. The first-order valence-corrected chi connectivity index (χ1v) is 8.84. The van der Waals surface area contributed by atoms with Crippen molar-refractivity contribution in [3.05, 3.63) is 30.3 Å². The molecule has 2 aliphatic heterocycles. The van der Waals surface area contributed by atoms with Crippen LogP contribution in [0.25, 0.3) is 0 Å². The third kappa shape index (κ3) is 4.21. The van der Waals surface area contributed by atoms with Gasteiger partial charge in [0.2, 0.25) is 11.8 Å². The molecule has 2 heterocycles. The molecule has 132 valence electrons. The minimum absolute atomic E-state index is 0.0297. The van der Waals surface area contributed by atoms with Gasteiger partial charge in [-0.1, -0.05) is 24.1 Å². The Morgan fingerprint density at radius 2 is 1.96 bits per heavy atom. The molecule has 2 saturated heterocycles. The summed E-state index contributed by atoms with van der Waals surface area (Å²) in [7, 11) is 0. The molecule has 0 radical (unpaired) electrons. The first kappa shape index (κ1) is 17.5. The fourth-order valence-corrected chi connectivity index (χ4v) is 3.59. The van der Waals surface area contributed by atoms with Gasteiger partial charge in [0.25, 0.3) is 0 Å². The van der Waals surface area contributed by atoms with Crippen LogP contribution >= 0.6 is 0 Å². The molecule has 1 aromatic rings. The molecule has 0 aromatic heterocycles. The van der Waals surface area contributed by atoms with Crippen molar-refractivity contribution >= 4 is 17.5 Å². The molecule has 2 fully saturated rings. The quantitative estimate of drug-likeness (QED) is 0.608. The summed E-state index contributed by atoms with van der Waals surface area (Å²) in [6.45, 7) is 2.96. The lowest BCUT2D eigenvalue weighted by molar-refractivity contribution is -0.137. The van der Waals surface area contributed by atoms with Crippen LogP contribution in [0.2, 0.25) is 0 Å². The number of amides is 2. The summed E-state index contributed by atoms with van der Waals surface area (Å²) < 4.78 is 5.40. The molecule has 0 aliphatic carbocycles. The van der Waals surface area contributed by atoms with Crippen molar-refractivity contribution in [3.63, 3.8) is 0 Å². The molecule has 1 atom stereocenters. The van der Waals surface area contributed by atoms with Crippen molar-refractivity contribution in [2.45, 2.75) is 19.3 Å². The first-order valence-electron chi connectivity index (χ1n) is 8.84. The Morgan fingerprint density at radius 3 is 2.64 bits per heavy atom. The average molecular weight is 340 g/mol. The van der Waals surface area contributed by atoms with Gasteiger partial charge in [-0.2, -0.15) is 0 Å². The third-order valence-corrected chi connectivity index (χ3v) is 5.01. The molecule has 0 saturated carbocycles. The minimum atomic E-state index is -0.234. The largest absolute Gasteiger partial charge is 0.369 e. The third-order valence-electron chi connectivity index (χ3n) is 5.01. The summed E-state index contributed by atoms with van der Waals surface area (Å²) in [5.74, 6) is 2.83. The second-order valence-corrected chi connectivity index (χ2v) is 6.73. The van der Waals surface area contributed by atoms with E-state index in [0.29, 0.717) is 32.1 Å². The molecule has 2 aliphatic rings. The van der Waals surface area contributed by atoms with Gasteiger partial charge in [0.05, 0.1) is 12.5 Å². The Kier molecular flexibility index (Phi) is 5.72. The summed E-state index contributed by atoms with van der Waals surface area (Å²) in [5, 5.41) is 0. The van der Waals surface area contributed by atoms with Crippen molar-refractivity contribution in [1.82, 2.24) is 4.90 Å². The van der Waals surface area contributed by atoms with Gasteiger partial charge in [-0.25, -0.2) is 0 Å². The van der Waals surface area contributed by atoms with Crippen LogP contribution in [0.4, 0.5) is 5.69 Å². The van der Waals surface area contributed by atoms with Gasteiger partial charge in [0.15, 0.2) is 0 Å². The Morgan fingerprint density at radius 1 is 1.24 bits per heavy atom. The van der Waals surface area contributed by atoms with Crippen LogP contribution in [0.3, 0.4) is 0 Å². The summed E-state index contributed by atoms with van der Waals surface area (Å²) >= 11 is 0. The maximum atomic E-state index is 12.8. The van der Waals surface area contributed by atoms with Crippen molar-refractivity contribution in [3.8, 4) is 12.3 Å². The number of benzene rings is 1. The van der Waals surface area contributed by atoms with E-state index >= 15 is 0 Å². The lowest BCUT2D eigenvalue weighted by Crippen LogP contribution is -2.43. The number of carbonyl (C=O) groups is 2. The molecule has 25 heavy (non-hydrogen) atoms. The molecule has 1 aromatic carbocycles. The monoisotopic (exact) mass is 340 g/mol. The van der Waals surface area contributed by atoms with Crippen molar-refractivity contribution in [1.29, 1.82) is 0 Å². The smallest absolute Gasteiger partial charge is 0.228 e. The van der Waals surface area contributed by atoms with Gasteiger partial charge >= 0.3 is 0 Å². The number of rotatable bonds is 5. The highest BCUT2D eigenvalue weighted by Crippen LogP contribution is 2.27. The highest BCUT2D eigenvalue weighted by molar-refractivity contribution is 6.00. The van der Waals surface area contributed by atoms with Crippen LogP contribution in [-0.4, -0.2) is 49.6 Å². The van der Waals surface area contributed by atoms with Gasteiger partial charge in [0.1, 0.15) is 6.61 Å². The molecular weight excluding hydrogens is 316 g/mol. The Bertz CT molecular complexity index is 645. The van der Waals surface area contributed by atoms with Crippen LogP contribution in [-0.2, 0) is 14.3 Å². The van der Waals surface area contributed by atoms with E-state index in [2.05, 4.69) is 5.92 Å². The van der Waals surface area contributed by atoms with E-state index in [1.54, 1.807) is 4.90 Å². The molecule has 0 spiro atoms. The Labute approximate surface area is 148 Å². The molecular formula is C20H24N2O3. The molecule has 0 bridgehead atoms. The van der Waals surface area contributed by atoms with Crippen molar-refractivity contribution < 1.29 is 14.3 Å². The summed E-state index contributed by atoms with van der Waals surface area (Å²) in [6.07, 6.45) is 7.35. The lowest BCUT2D eigenvalue weighted by atomic mass is 9.96. The summed E-state index contributed by atoms with van der Waals surface area (Å²) in [4.78, 5) is 28.7. The van der Waals surface area contributed by atoms with Gasteiger partial charge in [-0.15, -0.1) is 6.42 Å². The van der Waals surface area contributed by atoms with Crippen molar-refractivity contribution in [2.24, 2.45) is 11.8 Å². The number of para-hydroxylation sites is 1. The zero-order chi connectivity index (χ0) is 17.6. The summed E-state index contributed by atoms with van der Waals surface area (Å²) in [6, 6.07) is 9.55. The molecule has 5 heteroatoms. The molecule has 0 N–H and O–H groups in total. The van der Waals surface area contributed by atoms with E-state index in [4.69, 9.17) is 11.2 Å². The van der Waals surface area contributed by atoms with E-state index in [-0.39, 0.29) is 17.7 Å². The van der Waals surface area contributed by atoms with Gasteiger partial charge in [-0.3, -0.25) is 9.59 Å². The predicted molar refractivity (Wildman–Crippen MR) is 95.9 cm³/mol. The minimum Gasteiger partial charge on any atom is -0.369 e. The van der Waals surface area contributed by atoms with E-state index in [9.17, 15) is 9.59 Å². The number of anilines is 1. The topological polar surface area (TPSA) is 49.9 Å². The zero-order valence-electron chi connectivity index (χ0n) is 14.4. The molecule has 2 amide bonds. The van der Waals surface area contributed by atoms with E-state index in [1.807, 2.05) is 35.2 Å². The summed E-state index contributed by atoms with van der Waals surface area (Å²) in [5.41, 5.74) is 0.868. The van der Waals surface area contributed by atoms with Crippen LogP contribution < -0.4 is 4.90 Å². The van der Waals surface area contributed by atoms with Crippen LogP contribution in [0.5, 0.6) is 0 Å². The zero-order valence-corrected chi connectivity index (χ0v) is 14.4. The normalized spacial score (nSPS) is 21.4. The van der Waals surface area contributed by atoms with E-state index in [1.165, 1.54) is 0 Å². The second-order valence-electron chi connectivity index (χ2n) is 6.73. The van der Waals surface area contributed by atoms with Crippen LogP contribution in [0.1, 0.15) is 19.3 Å². The lowest BCUT2D eigenvalue weighted by Gasteiger charge is -2.33. The second kappa shape index (κ2) is 8.17. The number of ether oxygens (including phenoxy) is 1. The first-order chi connectivity index (χ1) is 12.2. The Hall–Kier alpha value is -2.32. The molecule has 5 nitrogen and oxygen atoms in total. The maximum absolute atomic E-state index is 12.8. The fraction of sp³-hybridized carbons (Fsp3) is 0.500. The Balaban J connectivity index is 1.51. The standard InChI is InChI=1S/C20H24N2O3/c1-2-12-25-15-16-8-10-21(11-9-16)20(24)17-13-19(23)22(14-17)18-6-4-3-5-7-18/h1,3-7,16-17H,8-15H2. The average Bonchev–Trinajstić information content (AvgIpc) is 3.04. The highest BCUT2D eigenvalue weighted by Gasteiger charge is 2.38. The van der Waals surface area contributed by atoms with Gasteiger partial charge in [0, 0.05) is 31.7 Å². The number of piperidine rings is 1. The van der Waals surface area contributed by atoms with Gasteiger partial charge in [-0.05, 0) is 30.9 Å². The number of hydrogen-bond acceptors (Lipinski definition) is 3. The highest BCUT2D eigenvalue weighted by atomic mass is 16.5. The number of terminal acetylenes is 1. The van der Waals surface area contributed by atoms with Crippen LogP contribution in [0.15, 0.2) is 30.3 Å². The predicted octanol–water partition coefficient (Wildman–Crippen LogP) is 1.93. The maximum Gasteiger partial charge on any atom is 0.228 e. The SMILES string of the molecule is C#CCOCC1CCN(C(=O)C2CC(=O)N(c3ccccc3)C2)CC1. The number of likely N-dealkylation sites (tertiary alicyclic amines) is 1. The van der Waals surface area contributed by atoms with E-state index < -0.39 is 0 Å². The van der Waals surface area contributed by atoms with E-state index in [0.717, 1.165) is 31.6 Å². The number of nitrogens with zero attached hydrogens (tertiary/aromatic N) is 2. The van der Waals surface area contributed by atoms with Crippen LogP contribution in [0, 0.1) is 24.2 Å². The van der Waals surface area contributed by atoms with Crippen molar-refractivity contribution in [2.75, 3.05) is 37.7 Å². The fourth-order valence-electron chi connectivity index (χ4n) is 3.59. The molecule has 1 unspecified atom stereocenters.